The minimum absolute atomic E-state index is 0.185. The fraction of sp³-hybridized carbons (Fsp3) is 0. The van der Waals surface area contributed by atoms with Crippen molar-refractivity contribution >= 4 is 40.2 Å². The summed E-state index contributed by atoms with van der Waals surface area (Å²) >= 11 is 12.5. The quantitative estimate of drug-likeness (QED) is 0.660. The Kier molecular flexibility index (Phi) is 2.61. The Balaban J connectivity index is 3.31. The van der Waals surface area contributed by atoms with Crippen LogP contribution in [0.5, 0.6) is 0 Å². The van der Waals surface area contributed by atoms with Crippen molar-refractivity contribution in [2.75, 3.05) is 0 Å². The summed E-state index contributed by atoms with van der Waals surface area (Å²) in [6, 6.07) is 2.90. The molecule has 0 aliphatic heterocycles. The first kappa shape index (κ1) is 8.37. The molecule has 0 N–H and O–H groups in total. The van der Waals surface area contributed by atoms with Gasteiger partial charge in [-0.25, -0.2) is 4.39 Å². The summed E-state index contributed by atoms with van der Waals surface area (Å²) in [5, 5.41) is 0.315. The molecule has 1 aromatic rings. The highest BCUT2D eigenvalue weighted by molar-refractivity contribution is 9.10. The van der Waals surface area contributed by atoms with E-state index in [1.807, 2.05) is 0 Å². The van der Waals surface area contributed by atoms with Gasteiger partial charge in [0.25, 0.3) is 0 Å². The summed E-state index contributed by atoms with van der Waals surface area (Å²) in [5.41, 5.74) is 0. The molecule has 0 radical (unpaired) electrons. The zero-order valence-corrected chi connectivity index (χ0v) is 7.97. The van der Waals surface area contributed by atoms with Crippen LogP contribution in [0.3, 0.4) is 0 Å². The highest BCUT2D eigenvalue weighted by Gasteiger charge is 2.03. The van der Waals surface area contributed by atoms with Gasteiger partial charge in [0, 0.05) is 4.47 Å². The number of hydrogen-bond donors (Lipinski definition) is 1. The minimum atomic E-state index is -0.414. The second-order valence-electron chi connectivity index (χ2n) is 1.72. The van der Waals surface area contributed by atoms with Gasteiger partial charge in [-0.05, 0) is 12.1 Å². The molecule has 0 amide bonds. The molecule has 1 rings (SSSR count). The largest absolute Gasteiger partial charge is 0.206 e. The van der Waals surface area contributed by atoms with Crippen molar-refractivity contribution in [1.82, 2.24) is 0 Å². The molecule has 1 aromatic carbocycles. The molecule has 0 bridgehead atoms. The molecule has 0 heterocycles. The molecule has 0 unspecified atom stereocenters. The average Bonchev–Trinajstić information content (AvgIpc) is 1.82. The smallest absolute Gasteiger partial charge is 0.139 e. The number of hydrogen-bond acceptors (Lipinski definition) is 1. The third kappa shape index (κ3) is 1.65. The Morgan fingerprint density at radius 1 is 1.50 bits per heavy atom. The summed E-state index contributed by atoms with van der Waals surface area (Å²) in [4.78, 5) is 0.185. The maximum atomic E-state index is 12.6. The van der Waals surface area contributed by atoms with Crippen molar-refractivity contribution < 1.29 is 4.39 Å². The summed E-state index contributed by atoms with van der Waals surface area (Å²) in [6.07, 6.45) is 0. The summed E-state index contributed by atoms with van der Waals surface area (Å²) in [5.74, 6) is -0.414. The molecular formula is C6H3BrClFS. The lowest BCUT2D eigenvalue weighted by Crippen LogP contribution is -1.78. The SMILES string of the molecule is Fc1cc(Br)cc(Cl)c1S. The molecule has 0 aliphatic carbocycles. The fourth-order valence-electron chi connectivity index (χ4n) is 0.535. The lowest BCUT2D eigenvalue weighted by atomic mass is 10.3. The monoisotopic (exact) mass is 240 g/mol. The van der Waals surface area contributed by atoms with Crippen LogP contribution >= 0.6 is 40.2 Å². The van der Waals surface area contributed by atoms with Crippen molar-refractivity contribution in [2.45, 2.75) is 4.90 Å². The molecule has 0 aliphatic rings. The Morgan fingerprint density at radius 2 is 2.10 bits per heavy atom. The Bertz CT molecular complexity index is 241. The van der Waals surface area contributed by atoms with Gasteiger partial charge in [-0.3, -0.25) is 0 Å². The number of rotatable bonds is 0. The van der Waals surface area contributed by atoms with Gasteiger partial charge in [-0.2, -0.15) is 0 Å². The minimum Gasteiger partial charge on any atom is -0.206 e. The summed E-state index contributed by atoms with van der Waals surface area (Å²) in [7, 11) is 0. The maximum Gasteiger partial charge on any atom is 0.139 e. The average molecular weight is 242 g/mol. The molecule has 10 heavy (non-hydrogen) atoms. The Morgan fingerprint density at radius 3 is 2.60 bits per heavy atom. The van der Waals surface area contributed by atoms with E-state index in [1.54, 1.807) is 6.07 Å². The maximum absolute atomic E-state index is 12.6. The van der Waals surface area contributed by atoms with E-state index in [2.05, 4.69) is 28.6 Å². The van der Waals surface area contributed by atoms with E-state index in [-0.39, 0.29) is 4.90 Å². The van der Waals surface area contributed by atoms with Crippen LogP contribution < -0.4 is 0 Å². The number of benzene rings is 1. The molecule has 0 atom stereocenters. The number of halogens is 3. The first-order valence-electron chi connectivity index (χ1n) is 2.45. The standard InChI is InChI=1S/C6H3BrClFS/c7-3-1-4(8)6(10)5(9)2-3/h1-2,10H. The van der Waals surface area contributed by atoms with Crippen LogP contribution in [-0.4, -0.2) is 0 Å². The van der Waals surface area contributed by atoms with Crippen molar-refractivity contribution in [3.63, 3.8) is 0 Å². The topological polar surface area (TPSA) is 0 Å². The third-order valence-corrected chi connectivity index (χ3v) is 2.32. The number of thiol groups is 1. The second-order valence-corrected chi connectivity index (χ2v) is 3.49. The van der Waals surface area contributed by atoms with Gasteiger partial charge in [0.15, 0.2) is 0 Å². The van der Waals surface area contributed by atoms with E-state index in [1.165, 1.54) is 6.07 Å². The highest BCUT2D eigenvalue weighted by Crippen LogP contribution is 2.26. The predicted molar refractivity (Wildman–Crippen MR) is 46.4 cm³/mol. The van der Waals surface area contributed by atoms with Gasteiger partial charge in [-0.1, -0.05) is 27.5 Å². The van der Waals surface area contributed by atoms with Gasteiger partial charge in [0.05, 0.1) is 9.92 Å². The van der Waals surface area contributed by atoms with E-state index in [9.17, 15) is 4.39 Å². The van der Waals surface area contributed by atoms with Crippen LogP contribution in [0.25, 0.3) is 0 Å². The van der Waals surface area contributed by atoms with Gasteiger partial charge in [0.2, 0.25) is 0 Å². The fourth-order valence-corrected chi connectivity index (χ4v) is 1.43. The lowest BCUT2D eigenvalue weighted by molar-refractivity contribution is 0.602. The van der Waals surface area contributed by atoms with Crippen LogP contribution in [0, 0.1) is 5.82 Å². The van der Waals surface area contributed by atoms with Crippen molar-refractivity contribution in [1.29, 1.82) is 0 Å². The van der Waals surface area contributed by atoms with Crippen LogP contribution in [0.4, 0.5) is 4.39 Å². The molecule has 0 aromatic heterocycles. The second kappa shape index (κ2) is 3.11. The van der Waals surface area contributed by atoms with E-state index >= 15 is 0 Å². The zero-order chi connectivity index (χ0) is 7.72. The molecule has 54 valence electrons. The normalized spacial score (nSPS) is 10.0. The van der Waals surface area contributed by atoms with Gasteiger partial charge >= 0.3 is 0 Å². The molecule has 0 nitrogen and oxygen atoms in total. The van der Waals surface area contributed by atoms with Gasteiger partial charge < -0.3 is 0 Å². The van der Waals surface area contributed by atoms with E-state index in [4.69, 9.17) is 11.6 Å². The van der Waals surface area contributed by atoms with Gasteiger partial charge in [0.1, 0.15) is 5.82 Å². The van der Waals surface area contributed by atoms with Crippen molar-refractivity contribution in [2.24, 2.45) is 0 Å². The molecule has 0 saturated carbocycles. The molecule has 0 fully saturated rings. The van der Waals surface area contributed by atoms with Crippen LogP contribution in [0.1, 0.15) is 0 Å². The summed E-state index contributed by atoms with van der Waals surface area (Å²) < 4.78 is 13.3. The highest BCUT2D eigenvalue weighted by atomic mass is 79.9. The first-order valence-corrected chi connectivity index (χ1v) is 4.06. The zero-order valence-electron chi connectivity index (χ0n) is 4.74. The van der Waals surface area contributed by atoms with E-state index < -0.39 is 5.82 Å². The molecule has 4 heteroatoms. The van der Waals surface area contributed by atoms with E-state index in [0.717, 1.165) is 0 Å². The lowest BCUT2D eigenvalue weighted by Gasteiger charge is -1.97. The molecule has 0 spiro atoms. The van der Waals surface area contributed by atoms with Crippen molar-refractivity contribution in [3.8, 4) is 0 Å². The van der Waals surface area contributed by atoms with Crippen LogP contribution in [0.15, 0.2) is 21.5 Å². The van der Waals surface area contributed by atoms with Crippen LogP contribution in [0.2, 0.25) is 5.02 Å². The Hall–Kier alpha value is 0.270. The van der Waals surface area contributed by atoms with E-state index in [0.29, 0.717) is 9.50 Å². The molecule has 0 saturated heterocycles. The molecular weight excluding hydrogens is 238 g/mol. The van der Waals surface area contributed by atoms with Crippen molar-refractivity contribution in [3.05, 3.63) is 27.4 Å². The Labute approximate surface area is 76.9 Å². The third-order valence-electron chi connectivity index (χ3n) is 0.982. The van der Waals surface area contributed by atoms with Crippen LogP contribution in [-0.2, 0) is 0 Å². The first-order chi connectivity index (χ1) is 4.61. The summed E-state index contributed by atoms with van der Waals surface area (Å²) in [6.45, 7) is 0. The predicted octanol–water partition coefficient (Wildman–Crippen LogP) is 3.53. The van der Waals surface area contributed by atoms with Gasteiger partial charge in [-0.15, -0.1) is 12.6 Å².